The van der Waals surface area contributed by atoms with Crippen LogP contribution in [0.15, 0.2) is 42.5 Å². The van der Waals surface area contributed by atoms with Gasteiger partial charge in [0, 0.05) is 16.5 Å². The highest BCUT2D eigenvalue weighted by molar-refractivity contribution is 6.35. The summed E-state index contributed by atoms with van der Waals surface area (Å²) in [5.41, 5.74) is -0.647. The Hall–Kier alpha value is -2.29. The molecule has 28 heavy (non-hydrogen) atoms. The summed E-state index contributed by atoms with van der Waals surface area (Å²) in [5, 5.41) is 22.1. The van der Waals surface area contributed by atoms with E-state index < -0.39 is 35.8 Å². The standard InChI is InChI=1S/C18H14Cl2F3NO4/c19-12-6-3-10(13(20)8-12)7-14(17(27)28)24-16(26)15(25)9-1-4-11(5-2-9)18(21,22)23/h1-6,8,14-15,25H,7H2,(H,24,26)(H,27,28)/t14-,15+/m1/s1. The van der Waals surface area contributed by atoms with Crippen molar-refractivity contribution in [3.05, 3.63) is 69.2 Å². The number of hydrogen-bond donors (Lipinski definition) is 3. The molecule has 10 heteroatoms. The van der Waals surface area contributed by atoms with Crippen LogP contribution in [0.1, 0.15) is 22.8 Å². The number of hydrogen-bond acceptors (Lipinski definition) is 3. The van der Waals surface area contributed by atoms with Crippen molar-refractivity contribution < 1.29 is 33.0 Å². The third kappa shape index (κ3) is 5.60. The Balaban J connectivity index is 2.11. The Morgan fingerprint density at radius 3 is 2.18 bits per heavy atom. The molecule has 0 aromatic heterocycles. The van der Waals surface area contributed by atoms with E-state index in [9.17, 15) is 33.0 Å². The zero-order valence-electron chi connectivity index (χ0n) is 14.0. The van der Waals surface area contributed by atoms with Gasteiger partial charge in [0.2, 0.25) is 0 Å². The zero-order chi connectivity index (χ0) is 21.1. The topological polar surface area (TPSA) is 86.6 Å². The third-order valence-electron chi connectivity index (χ3n) is 3.86. The first kappa shape index (κ1) is 22.0. The second-order valence-corrected chi connectivity index (χ2v) is 6.71. The minimum atomic E-state index is -4.56. The molecule has 0 aliphatic rings. The fraction of sp³-hybridized carbons (Fsp3) is 0.222. The first-order valence-electron chi connectivity index (χ1n) is 7.81. The van der Waals surface area contributed by atoms with Crippen LogP contribution in [0.25, 0.3) is 0 Å². The lowest BCUT2D eigenvalue weighted by Gasteiger charge is -2.18. The maximum Gasteiger partial charge on any atom is 0.416 e. The summed E-state index contributed by atoms with van der Waals surface area (Å²) < 4.78 is 37.7. The lowest BCUT2D eigenvalue weighted by molar-refractivity contribution is -0.143. The van der Waals surface area contributed by atoms with Crippen molar-refractivity contribution in [3.63, 3.8) is 0 Å². The summed E-state index contributed by atoms with van der Waals surface area (Å²) in [7, 11) is 0. The first-order chi connectivity index (χ1) is 13.0. The van der Waals surface area contributed by atoms with Crippen molar-refractivity contribution in [1.29, 1.82) is 0 Å². The number of aliphatic carboxylic acids is 1. The number of halogens is 5. The molecule has 2 atom stereocenters. The van der Waals surface area contributed by atoms with Crippen molar-refractivity contribution in [2.24, 2.45) is 0 Å². The Kier molecular flexibility index (Phi) is 6.92. The quantitative estimate of drug-likeness (QED) is 0.642. The van der Waals surface area contributed by atoms with Gasteiger partial charge in [-0.05, 0) is 35.4 Å². The zero-order valence-corrected chi connectivity index (χ0v) is 15.5. The van der Waals surface area contributed by atoms with Crippen LogP contribution in [-0.4, -0.2) is 28.1 Å². The van der Waals surface area contributed by atoms with Crippen molar-refractivity contribution >= 4 is 35.1 Å². The first-order valence-corrected chi connectivity index (χ1v) is 8.57. The van der Waals surface area contributed by atoms with E-state index in [1.807, 2.05) is 0 Å². The highest BCUT2D eigenvalue weighted by Crippen LogP contribution is 2.30. The molecule has 1 amide bonds. The van der Waals surface area contributed by atoms with Crippen LogP contribution in [-0.2, 0) is 22.2 Å². The minimum absolute atomic E-state index is 0.112. The Bertz CT molecular complexity index is 872. The van der Waals surface area contributed by atoms with E-state index in [1.54, 1.807) is 0 Å². The molecule has 2 aromatic rings. The van der Waals surface area contributed by atoms with Crippen molar-refractivity contribution in [2.45, 2.75) is 24.7 Å². The van der Waals surface area contributed by atoms with Gasteiger partial charge < -0.3 is 15.5 Å². The SMILES string of the molecule is O=C(N[C@H](Cc1ccc(Cl)cc1Cl)C(=O)O)[C@@H](O)c1ccc(C(F)(F)F)cc1. The number of carbonyl (C=O) groups excluding carboxylic acids is 1. The average molecular weight is 436 g/mol. The molecular weight excluding hydrogens is 422 g/mol. The molecule has 150 valence electrons. The normalized spacial score (nSPS) is 13.6. The third-order valence-corrected chi connectivity index (χ3v) is 4.44. The molecule has 0 heterocycles. The molecule has 5 nitrogen and oxygen atoms in total. The summed E-state index contributed by atoms with van der Waals surface area (Å²) in [6.07, 6.45) is -6.58. The summed E-state index contributed by atoms with van der Waals surface area (Å²) in [6.45, 7) is 0. The van der Waals surface area contributed by atoms with Crippen molar-refractivity contribution in [3.8, 4) is 0 Å². The number of nitrogens with one attached hydrogen (secondary N) is 1. The predicted molar refractivity (Wildman–Crippen MR) is 96.1 cm³/mol. The number of carboxylic acid groups (broad SMARTS) is 1. The average Bonchev–Trinajstić information content (AvgIpc) is 2.61. The number of benzene rings is 2. The molecule has 0 saturated carbocycles. The highest BCUT2D eigenvalue weighted by atomic mass is 35.5. The molecule has 0 saturated heterocycles. The number of carbonyl (C=O) groups is 2. The maximum absolute atomic E-state index is 12.6. The van der Waals surface area contributed by atoms with Gasteiger partial charge in [-0.25, -0.2) is 4.79 Å². The Labute approximate surface area is 167 Å². The predicted octanol–water partition coefficient (Wildman–Crippen LogP) is 3.86. The lowest BCUT2D eigenvalue weighted by atomic mass is 10.0. The Morgan fingerprint density at radius 2 is 1.68 bits per heavy atom. The largest absolute Gasteiger partial charge is 0.480 e. The molecule has 2 aromatic carbocycles. The molecular formula is C18H14Cl2F3NO4. The van der Waals surface area contributed by atoms with Gasteiger partial charge in [-0.2, -0.15) is 13.2 Å². The molecule has 2 rings (SSSR count). The fourth-order valence-corrected chi connectivity index (χ4v) is 2.85. The number of alkyl halides is 3. The van der Waals surface area contributed by atoms with E-state index in [0.29, 0.717) is 22.7 Å². The van der Waals surface area contributed by atoms with Gasteiger partial charge in [0.1, 0.15) is 6.04 Å². The van der Waals surface area contributed by atoms with Gasteiger partial charge in [0.25, 0.3) is 5.91 Å². The molecule has 0 bridgehead atoms. The van der Waals surface area contributed by atoms with E-state index in [0.717, 1.165) is 12.1 Å². The van der Waals surface area contributed by atoms with Crippen LogP contribution >= 0.6 is 23.2 Å². The minimum Gasteiger partial charge on any atom is -0.480 e. The van der Waals surface area contributed by atoms with Gasteiger partial charge in [-0.15, -0.1) is 0 Å². The van der Waals surface area contributed by atoms with Gasteiger partial charge in [-0.3, -0.25) is 4.79 Å². The van der Waals surface area contributed by atoms with Gasteiger partial charge in [0.15, 0.2) is 6.10 Å². The van der Waals surface area contributed by atoms with Crippen LogP contribution < -0.4 is 5.32 Å². The van der Waals surface area contributed by atoms with Gasteiger partial charge in [-0.1, -0.05) is 41.4 Å². The summed E-state index contributed by atoms with van der Waals surface area (Å²) >= 11 is 11.8. The van der Waals surface area contributed by atoms with Crippen LogP contribution in [0.3, 0.4) is 0 Å². The molecule has 3 N–H and O–H groups in total. The van der Waals surface area contributed by atoms with Gasteiger partial charge >= 0.3 is 12.1 Å². The number of aliphatic hydroxyl groups is 1. The Morgan fingerprint density at radius 1 is 1.07 bits per heavy atom. The summed E-state index contributed by atoms with van der Waals surface area (Å²) in [4.78, 5) is 23.6. The number of carboxylic acids is 1. The fourth-order valence-electron chi connectivity index (χ4n) is 2.36. The molecule has 0 unspecified atom stereocenters. The summed E-state index contributed by atoms with van der Waals surface area (Å²) in [6, 6.07) is 6.31. The van der Waals surface area contributed by atoms with E-state index in [1.165, 1.54) is 18.2 Å². The number of rotatable bonds is 6. The molecule has 0 spiro atoms. The van der Waals surface area contributed by atoms with Crippen LogP contribution in [0.4, 0.5) is 13.2 Å². The van der Waals surface area contributed by atoms with E-state index in [2.05, 4.69) is 5.32 Å². The smallest absolute Gasteiger partial charge is 0.416 e. The second kappa shape index (κ2) is 8.81. The lowest BCUT2D eigenvalue weighted by Crippen LogP contribution is -2.44. The number of aliphatic hydroxyl groups excluding tert-OH is 1. The van der Waals surface area contributed by atoms with Crippen molar-refractivity contribution in [2.75, 3.05) is 0 Å². The maximum atomic E-state index is 12.6. The van der Waals surface area contributed by atoms with E-state index >= 15 is 0 Å². The van der Waals surface area contributed by atoms with Crippen LogP contribution in [0.2, 0.25) is 10.0 Å². The van der Waals surface area contributed by atoms with E-state index in [4.69, 9.17) is 23.2 Å². The molecule has 0 aliphatic carbocycles. The molecule has 0 aliphatic heterocycles. The van der Waals surface area contributed by atoms with Gasteiger partial charge in [0.05, 0.1) is 5.56 Å². The monoisotopic (exact) mass is 435 g/mol. The van der Waals surface area contributed by atoms with Crippen LogP contribution in [0, 0.1) is 0 Å². The second-order valence-electron chi connectivity index (χ2n) is 5.86. The van der Waals surface area contributed by atoms with E-state index in [-0.39, 0.29) is 17.0 Å². The van der Waals surface area contributed by atoms with Crippen molar-refractivity contribution in [1.82, 2.24) is 5.32 Å². The number of amides is 1. The summed E-state index contributed by atoms with van der Waals surface area (Å²) in [5.74, 6) is -2.45. The van der Waals surface area contributed by atoms with Crippen LogP contribution in [0.5, 0.6) is 0 Å². The molecule has 0 radical (unpaired) electrons. The highest BCUT2D eigenvalue weighted by Gasteiger charge is 2.31. The molecule has 0 fully saturated rings.